The van der Waals surface area contributed by atoms with Crippen molar-refractivity contribution in [3.05, 3.63) is 24.0 Å². The van der Waals surface area contributed by atoms with Crippen LogP contribution in [-0.2, 0) is 5.41 Å². The normalized spacial score (nSPS) is 11.7. The second-order valence-corrected chi connectivity index (χ2v) is 4.67. The third kappa shape index (κ3) is 2.01. The maximum atomic E-state index is 4.15. The van der Waals surface area contributed by atoms with Crippen LogP contribution in [0.4, 0.5) is 0 Å². The summed E-state index contributed by atoms with van der Waals surface area (Å²) in [5.41, 5.74) is 1.53. The molecule has 0 fully saturated rings. The highest BCUT2D eigenvalue weighted by Crippen LogP contribution is 2.29. The van der Waals surface area contributed by atoms with Gasteiger partial charge in [0.05, 0.1) is 0 Å². The predicted molar refractivity (Wildman–Crippen MR) is 54.7 cm³/mol. The van der Waals surface area contributed by atoms with E-state index in [2.05, 4.69) is 38.1 Å². The lowest BCUT2D eigenvalue weighted by Gasteiger charge is -2.20. The monoisotopic (exact) mass is 181 g/mol. The number of hydrogen-bond donors (Lipinski definition) is 0. The standard InChI is InChI=1S/C10H15NS/c1-10(2,3)8-7-11-6-5-9(8)12-4/h5-7H,1-4H3. The Morgan fingerprint density at radius 1 is 1.33 bits per heavy atom. The third-order valence-electron chi connectivity index (χ3n) is 1.81. The van der Waals surface area contributed by atoms with Crippen LogP contribution in [0.1, 0.15) is 26.3 Å². The first-order chi connectivity index (χ1) is 5.55. The molecular weight excluding hydrogens is 166 g/mol. The molecule has 0 amide bonds. The molecule has 0 unspecified atom stereocenters. The number of nitrogens with zero attached hydrogens (tertiary/aromatic N) is 1. The zero-order valence-corrected chi connectivity index (χ0v) is 8.90. The van der Waals surface area contributed by atoms with Gasteiger partial charge in [0.2, 0.25) is 0 Å². The molecule has 1 heterocycles. The fourth-order valence-corrected chi connectivity index (χ4v) is 1.90. The van der Waals surface area contributed by atoms with Crippen molar-refractivity contribution in [3.63, 3.8) is 0 Å². The first kappa shape index (κ1) is 9.59. The summed E-state index contributed by atoms with van der Waals surface area (Å²) in [6.07, 6.45) is 5.91. The first-order valence-electron chi connectivity index (χ1n) is 4.04. The van der Waals surface area contributed by atoms with Crippen molar-refractivity contribution in [2.24, 2.45) is 0 Å². The number of hydrogen-bond acceptors (Lipinski definition) is 2. The van der Waals surface area contributed by atoms with Crippen LogP contribution in [-0.4, -0.2) is 11.2 Å². The van der Waals surface area contributed by atoms with E-state index in [1.165, 1.54) is 10.5 Å². The average molecular weight is 181 g/mol. The number of thioether (sulfide) groups is 1. The van der Waals surface area contributed by atoms with Gasteiger partial charge >= 0.3 is 0 Å². The van der Waals surface area contributed by atoms with Crippen LogP contribution in [0.25, 0.3) is 0 Å². The molecule has 66 valence electrons. The SMILES string of the molecule is CSc1ccncc1C(C)(C)C. The Kier molecular flexibility index (Phi) is 2.78. The van der Waals surface area contributed by atoms with E-state index < -0.39 is 0 Å². The molecule has 0 saturated carbocycles. The average Bonchev–Trinajstić information content (AvgIpc) is 2.03. The fraction of sp³-hybridized carbons (Fsp3) is 0.500. The van der Waals surface area contributed by atoms with Gasteiger partial charge < -0.3 is 0 Å². The lowest BCUT2D eigenvalue weighted by Crippen LogP contribution is -2.12. The summed E-state index contributed by atoms with van der Waals surface area (Å²) in [6.45, 7) is 6.64. The lowest BCUT2D eigenvalue weighted by atomic mass is 9.88. The molecule has 0 atom stereocenters. The van der Waals surface area contributed by atoms with Gasteiger partial charge in [-0.05, 0) is 23.3 Å². The molecular formula is C10H15NS. The quantitative estimate of drug-likeness (QED) is 0.617. The molecule has 1 rings (SSSR count). The van der Waals surface area contributed by atoms with Crippen molar-refractivity contribution >= 4 is 11.8 Å². The van der Waals surface area contributed by atoms with E-state index in [0.717, 1.165) is 0 Å². The Bertz CT molecular complexity index is 263. The minimum absolute atomic E-state index is 0.201. The van der Waals surface area contributed by atoms with E-state index >= 15 is 0 Å². The van der Waals surface area contributed by atoms with Gasteiger partial charge in [0.1, 0.15) is 0 Å². The van der Waals surface area contributed by atoms with Gasteiger partial charge in [0.15, 0.2) is 0 Å². The maximum Gasteiger partial charge on any atom is 0.0316 e. The van der Waals surface area contributed by atoms with Gasteiger partial charge in [-0.25, -0.2) is 0 Å². The van der Waals surface area contributed by atoms with E-state index in [-0.39, 0.29) is 5.41 Å². The first-order valence-corrected chi connectivity index (χ1v) is 5.26. The van der Waals surface area contributed by atoms with Gasteiger partial charge in [-0.2, -0.15) is 0 Å². The molecule has 0 aliphatic carbocycles. The summed E-state index contributed by atoms with van der Waals surface area (Å²) in [6, 6.07) is 2.07. The highest BCUT2D eigenvalue weighted by atomic mass is 32.2. The van der Waals surface area contributed by atoms with Crippen molar-refractivity contribution in [1.29, 1.82) is 0 Å². The van der Waals surface area contributed by atoms with E-state index in [9.17, 15) is 0 Å². The predicted octanol–water partition coefficient (Wildman–Crippen LogP) is 3.10. The molecule has 12 heavy (non-hydrogen) atoms. The second kappa shape index (κ2) is 3.48. The molecule has 2 heteroatoms. The maximum absolute atomic E-state index is 4.15. The molecule has 0 aromatic carbocycles. The largest absolute Gasteiger partial charge is 0.264 e. The molecule has 0 spiro atoms. The Morgan fingerprint density at radius 2 is 2.00 bits per heavy atom. The van der Waals surface area contributed by atoms with Crippen LogP contribution < -0.4 is 0 Å². The zero-order chi connectivity index (χ0) is 9.19. The Balaban J connectivity index is 3.14. The summed E-state index contributed by atoms with van der Waals surface area (Å²) in [5, 5.41) is 0. The van der Waals surface area contributed by atoms with Crippen LogP contribution in [0.5, 0.6) is 0 Å². The molecule has 1 aromatic rings. The van der Waals surface area contributed by atoms with E-state index in [1.807, 2.05) is 12.4 Å². The number of pyridine rings is 1. The summed E-state index contributed by atoms with van der Waals surface area (Å²) in [7, 11) is 0. The summed E-state index contributed by atoms with van der Waals surface area (Å²) < 4.78 is 0. The smallest absolute Gasteiger partial charge is 0.0316 e. The van der Waals surface area contributed by atoms with Crippen LogP contribution >= 0.6 is 11.8 Å². The summed E-state index contributed by atoms with van der Waals surface area (Å²) >= 11 is 1.78. The van der Waals surface area contributed by atoms with Gasteiger partial charge in [-0.1, -0.05) is 20.8 Å². The Labute approximate surface area is 78.6 Å². The summed E-state index contributed by atoms with van der Waals surface area (Å²) in [5.74, 6) is 0. The van der Waals surface area contributed by atoms with Crippen molar-refractivity contribution in [3.8, 4) is 0 Å². The minimum atomic E-state index is 0.201. The Hall–Kier alpha value is -0.500. The van der Waals surface area contributed by atoms with Gasteiger partial charge in [-0.15, -0.1) is 11.8 Å². The third-order valence-corrected chi connectivity index (χ3v) is 2.60. The molecule has 0 radical (unpaired) electrons. The van der Waals surface area contributed by atoms with Crippen molar-refractivity contribution in [1.82, 2.24) is 4.98 Å². The van der Waals surface area contributed by atoms with Gasteiger partial charge in [0, 0.05) is 17.3 Å². The Morgan fingerprint density at radius 3 is 2.42 bits per heavy atom. The van der Waals surface area contributed by atoms with E-state index in [4.69, 9.17) is 0 Å². The fourth-order valence-electron chi connectivity index (χ4n) is 1.12. The van der Waals surface area contributed by atoms with Crippen molar-refractivity contribution < 1.29 is 0 Å². The minimum Gasteiger partial charge on any atom is -0.264 e. The molecule has 0 N–H and O–H groups in total. The molecule has 0 aliphatic rings. The molecule has 1 nitrogen and oxygen atoms in total. The molecule has 0 bridgehead atoms. The number of aromatic nitrogens is 1. The number of rotatable bonds is 1. The lowest BCUT2D eigenvalue weighted by molar-refractivity contribution is 0.575. The van der Waals surface area contributed by atoms with E-state index in [0.29, 0.717) is 0 Å². The van der Waals surface area contributed by atoms with Gasteiger partial charge in [-0.3, -0.25) is 4.98 Å². The van der Waals surface area contributed by atoms with Crippen LogP contribution in [0.2, 0.25) is 0 Å². The van der Waals surface area contributed by atoms with Crippen molar-refractivity contribution in [2.45, 2.75) is 31.1 Å². The topological polar surface area (TPSA) is 12.9 Å². The highest BCUT2D eigenvalue weighted by Gasteiger charge is 2.16. The van der Waals surface area contributed by atoms with E-state index in [1.54, 1.807) is 11.8 Å². The molecule has 0 saturated heterocycles. The highest BCUT2D eigenvalue weighted by molar-refractivity contribution is 7.98. The van der Waals surface area contributed by atoms with Crippen LogP contribution in [0, 0.1) is 0 Å². The zero-order valence-electron chi connectivity index (χ0n) is 8.09. The van der Waals surface area contributed by atoms with Crippen LogP contribution in [0.3, 0.4) is 0 Å². The molecule has 1 aromatic heterocycles. The molecule has 0 aliphatic heterocycles. The van der Waals surface area contributed by atoms with Gasteiger partial charge in [0.25, 0.3) is 0 Å². The van der Waals surface area contributed by atoms with Crippen molar-refractivity contribution in [2.75, 3.05) is 6.26 Å². The summed E-state index contributed by atoms with van der Waals surface area (Å²) in [4.78, 5) is 5.48. The second-order valence-electron chi connectivity index (χ2n) is 3.83. The van der Waals surface area contributed by atoms with Crippen LogP contribution in [0.15, 0.2) is 23.4 Å².